The molecule has 1 aliphatic rings. The normalized spacial score (nSPS) is 17.0. The Morgan fingerprint density at radius 1 is 1.09 bits per heavy atom. The molecule has 0 fully saturated rings. The molecule has 0 radical (unpaired) electrons. The zero-order valence-electron chi connectivity index (χ0n) is 13.6. The number of hydrogen-bond donors (Lipinski definition) is 0. The topological polar surface area (TPSA) is 60.2 Å². The number of rotatable bonds is 0. The lowest BCUT2D eigenvalue weighted by atomic mass is 9.91. The molecule has 0 spiro atoms. The van der Waals surface area contributed by atoms with Gasteiger partial charge < -0.3 is 4.55 Å². The molecule has 0 aromatic heterocycles. The van der Waals surface area contributed by atoms with Crippen LogP contribution in [0, 0.1) is 0 Å². The van der Waals surface area contributed by atoms with Crippen LogP contribution in [0.4, 0.5) is 13.2 Å². The molecule has 1 aliphatic heterocycles. The highest BCUT2D eigenvalue weighted by Gasteiger charge is 2.45. The van der Waals surface area contributed by atoms with Gasteiger partial charge in [0.1, 0.15) is 0 Å². The molecule has 0 N–H and O–H groups in total. The van der Waals surface area contributed by atoms with Gasteiger partial charge >= 0.3 is 5.51 Å². The van der Waals surface area contributed by atoms with Gasteiger partial charge in [-0.1, -0.05) is 18.2 Å². The number of hydrogen-bond acceptors (Lipinski definition) is 3. The summed E-state index contributed by atoms with van der Waals surface area (Å²) in [7, 11) is -6.09. The van der Waals surface area contributed by atoms with E-state index in [0.29, 0.717) is 0 Å². The summed E-state index contributed by atoms with van der Waals surface area (Å²) in [6.07, 6.45) is 2.29. The lowest BCUT2D eigenvalue weighted by Crippen LogP contribution is -2.42. The summed E-state index contributed by atoms with van der Waals surface area (Å²) in [5, 5.41) is 0. The van der Waals surface area contributed by atoms with E-state index >= 15 is 0 Å². The van der Waals surface area contributed by atoms with E-state index in [0.717, 1.165) is 0 Å². The molecule has 23 heavy (non-hydrogen) atoms. The SMILES string of the molecule is CC(C)(C)[N+]1=Cc2ccccc2C1(C)C.O=S(=O)([O-])C(F)(F)F. The largest absolute Gasteiger partial charge is 0.741 e. The molecule has 1 aromatic rings. The first kappa shape index (κ1) is 19.6. The molecule has 4 nitrogen and oxygen atoms in total. The fourth-order valence-electron chi connectivity index (χ4n) is 2.63. The molecular weight excluding hydrogens is 331 g/mol. The molecule has 0 atom stereocenters. The van der Waals surface area contributed by atoms with Crippen LogP contribution in [-0.2, 0) is 15.7 Å². The van der Waals surface area contributed by atoms with Crippen molar-refractivity contribution in [3.05, 3.63) is 35.4 Å². The molecule has 0 unspecified atom stereocenters. The zero-order chi connectivity index (χ0) is 18.3. The van der Waals surface area contributed by atoms with E-state index in [2.05, 4.69) is 69.7 Å². The smallest absolute Gasteiger partial charge is 0.485 e. The third kappa shape index (κ3) is 4.32. The summed E-state index contributed by atoms with van der Waals surface area (Å²) in [6, 6.07) is 8.67. The number of nitrogens with zero attached hydrogens (tertiary/aromatic N) is 1. The quantitative estimate of drug-likeness (QED) is 0.410. The number of benzene rings is 1. The van der Waals surface area contributed by atoms with Crippen molar-refractivity contribution in [2.24, 2.45) is 0 Å². The maximum atomic E-state index is 10.7. The lowest BCUT2D eigenvalue weighted by Gasteiger charge is -2.27. The Bertz CT molecular complexity index is 714. The monoisotopic (exact) mass is 351 g/mol. The van der Waals surface area contributed by atoms with Crippen LogP contribution in [-0.4, -0.2) is 34.8 Å². The minimum atomic E-state index is -6.09. The Labute approximate surface area is 134 Å². The van der Waals surface area contributed by atoms with Gasteiger partial charge in [-0.25, -0.2) is 13.0 Å². The summed E-state index contributed by atoms with van der Waals surface area (Å²) in [5.41, 5.74) is -2.58. The summed E-state index contributed by atoms with van der Waals surface area (Å²) in [5.74, 6) is 0. The highest BCUT2D eigenvalue weighted by Crippen LogP contribution is 2.35. The first-order valence-electron chi connectivity index (χ1n) is 6.84. The predicted molar refractivity (Wildman–Crippen MR) is 80.4 cm³/mol. The molecular formula is C15H20F3NO3S. The van der Waals surface area contributed by atoms with Crippen molar-refractivity contribution in [1.29, 1.82) is 0 Å². The van der Waals surface area contributed by atoms with Crippen molar-refractivity contribution in [3.63, 3.8) is 0 Å². The van der Waals surface area contributed by atoms with Crippen LogP contribution in [0.15, 0.2) is 24.3 Å². The standard InChI is InChI=1S/C14H20N.CHF3O3S/c1-13(2,3)15-10-11-8-6-7-9-12(11)14(15,4)5;2-1(3,4)8(5,6)7/h6-10H,1-5H3;(H,5,6,7)/q+1;/p-1. The third-order valence-electron chi connectivity index (χ3n) is 3.50. The summed E-state index contributed by atoms with van der Waals surface area (Å²) >= 11 is 0. The molecule has 2 rings (SSSR count). The van der Waals surface area contributed by atoms with E-state index in [-0.39, 0.29) is 11.1 Å². The molecule has 0 aliphatic carbocycles. The fourth-order valence-corrected chi connectivity index (χ4v) is 2.63. The van der Waals surface area contributed by atoms with Gasteiger partial charge in [0, 0.05) is 25.0 Å². The number of halogens is 3. The molecule has 0 saturated carbocycles. The molecule has 1 aromatic carbocycles. The van der Waals surface area contributed by atoms with Gasteiger partial charge in [-0.05, 0) is 26.8 Å². The van der Waals surface area contributed by atoms with Gasteiger partial charge in [-0.15, -0.1) is 0 Å². The van der Waals surface area contributed by atoms with E-state index in [4.69, 9.17) is 13.0 Å². The van der Waals surface area contributed by atoms with Gasteiger partial charge in [0.15, 0.2) is 27.4 Å². The van der Waals surface area contributed by atoms with Crippen LogP contribution in [0.2, 0.25) is 0 Å². The van der Waals surface area contributed by atoms with Gasteiger partial charge in [0.25, 0.3) is 0 Å². The van der Waals surface area contributed by atoms with Crippen molar-refractivity contribution in [3.8, 4) is 0 Å². The van der Waals surface area contributed by atoms with Gasteiger partial charge in [0.05, 0.1) is 0 Å². The average molecular weight is 351 g/mol. The first-order valence-corrected chi connectivity index (χ1v) is 8.25. The third-order valence-corrected chi connectivity index (χ3v) is 4.06. The van der Waals surface area contributed by atoms with Crippen LogP contribution in [0.3, 0.4) is 0 Å². The zero-order valence-corrected chi connectivity index (χ0v) is 14.4. The van der Waals surface area contributed by atoms with E-state index in [1.54, 1.807) is 0 Å². The Morgan fingerprint density at radius 2 is 1.52 bits per heavy atom. The number of fused-ring (bicyclic) bond motifs is 1. The maximum Gasteiger partial charge on any atom is 0.485 e. The summed E-state index contributed by atoms with van der Waals surface area (Å²) in [4.78, 5) is 0. The highest BCUT2D eigenvalue weighted by molar-refractivity contribution is 7.86. The molecule has 130 valence electrons. The molecule has 8 heteroatoms. The minimum Gasteiger partial charge on any atom is -0.741 e. The second-order valence-electron chi connectivity index (χ2n) is 6.72. The average Bonchev–Trinajstić information content (AvgIpc) is 2.60. The fraction of sp³-hybridized carbons (Fsp3) is 0.533. The lowest BCUT2D eigenvalue weighted by molar-refractivity contribution is -0.661. The Balaban J connectivity index is 0.000000284. The van der Waals surface area contributed by atoms with Gasteiger partial charge in [-0.3, -0.25) is 0 Å². The molecule has 1 heterocycles. The highest BCUT2D eigenvalue weighted by atomic mass is 32.2. The Morgan fingerprint density at radius 3 is 1.87 bits per heavy atom. The van der Waals surface area contributed by atoms with E-state index in [1.165, 1.54) is 11.1 Å². The van der Waals surface area contributed by atoms with Crippen molar-refractivity contribution in [1.82, 2.24) is 0 Å². The second-order valence-corrected chi connectivity index (χ2v) is 8.09. The molecule has 0 saturated heterocycles. The Kier molecular flexibility index (Phi) is 5.04. The first-order chi connectivity index (χ1) is 10.1. The van der Waals surface area contributed by atoms with Crippen molar-refractivity contribution in [2.75, 3.05) is 0 Å². The number of alkyl halides is 3. The van der Waals surface area contributed by atoms with E-state index in [1.807, 2.05) is 0 Å². The van der Waals surface area contributed by atoms with Crippen LogP contribution >= 0.6 is 0 Å². The van der Waals surface area contributed by atoms with Crippen molar-refractivity contribution in [2.45, 2.75) is 51.2 Å². The Hall–Kier alpha value is -1.41. The van der Waals surface area contributed by atoms with Gasteiger partial charge in [-0.2, -0.15) is 13.2 Å². The van der Waals surface area contributed by atoms with Crippen LogP contribution in [0.5, 0.6) is 0 Å². The van der Waals surface area contributed by atoms with E-state index in [9.17, 15) is 13.2 Å². The van der Waals surface area contributed by atoms with Crippen molar-refractivity contribution < 1.29 is 30.7 Å². The van der Waals surface area contributed by atoms with Gasteiger partial charge in [0.2, 0.25) is 0 Å². The predicted octanol–water partition coefficient (Wildman–Crippen LogP) is 3.22. The summed E-state index contributed by atoms with van der Waals surface area (Å²) < 4.78 is 61.4. The van der Waals surface area contributed by atoms with Crippen molar-refractivity contribution >= 4 is 16.3 Å². The maximum absolute atomic E-state index is 10.7. The molecule has 0 bridgehead atoms. The minimum absolute atomic E-state index is 0.106. The van der Waals surface area contributed by atoms with Crippen LogP contribution in [0.1, 0.15) is 45.7 Å². The summed E-state index contributed by atoms with van der Waals surface area (Å²) in [6.45, 7) is 11.4. The van der Waals surface area contributed by atoms with E-state index < -0.39 is 15.6 Å². The van der Waals surface area contributed by atoms with Crippen LogP contribution in [0.25, 0.3) is 0 Å². The molecule has 0 amide bonds. The second kappa shape index (κ2) is 5.90. The van der Waals surface area contributed by atoms with Crippen LogP contribution < -0.4 is 0 Å².